The number of hydrogen-bond donors (Lipinski definition) is 2. The van der Waals surface area contributed by atoms with Gasteiger partial charge < -0.3 is 10.1 Å². The van der Waals surface area contributed by atoms with Crippen molar-refractivity contribution in [1.82, 2.24) is 15.5 Å². The summed E-state index contributed by atoms with van der Waals surface area (Å²) in [4.78, 5) is 11.9. The van der Waals surface area contributed by atoms with Crippen LogP contribution in [0.3, 0.4) is 0 Å². The fraction of sp³-hybridized carbons (Fsp3) is 0.375. The third-order valence-electron chi connectivity index (χ3n) is 3.52. The second-order valence-electron chi connectivity index (χ2n) is 5.40. The van der Waals surface area contributed by atoms with Crippen molar-refractivity contribution < 1.29 is 9.53 Å². The molecular weight excluding hydrogens is 266 g/mol. The van der Waals surface area contributed by atoms with Crippen LogP contribution in [0.2, 0.25) is 0 Å². The van der Waals surface area contributed by atoms with Crippen LogP contribution in [-0.2, 0) is 0 Å². The number of benzene rings is 1. The van der Waals surface area contributed by atoms with Gasteiger partial charge in [0.05, 0.1) is 6.54 Å². The molecule has 0 bridgehead atoms. The molecule has 1 amide bonds. The molecule has 0 atom stereocenters. The van der Waals surface area contributed by atoms with E-state index in [1.807, 2.05) is 37.3 Å². The largest absolute Gasteiger partial charge is 0.492 e. The number of carbonyl (C=O) groups is 1. The number of H-pyrrole nitrogens is 1. The third kappa shape index (κ3) is 3.62. The van der Waals surface area contributed by atoms with E-state index in [1.54, 1.807) is 0 Å². The van der Waals surface area contributed by atoms with Crippen LogP contribution in [0.1, 0.15) is 40.5 Å². The van der Waals surface area contributed by atoms with E-state index >= 15 is 0 Å². The molecule has 1 aromatic heterocycles. The molecule has 1 aliphatic carbocycles. The SMILES string of the molecule is Cc1ccc(OCCNC(=O)c2cc(C3CC3)[nH]n2)cc1. The lowest BCUT2D eigenvalue weighted by molar-refractivity contribution is 0.0942. The first-order valence-electron chi connectivity index (χ1n) is 7.25. The van der Waals surface area contributed by atoms with Crippen molar-refractivity contribution in [2.45, 2.75) is 25.7 Å². The number of rotatable bonds is 6. The van der Waals surface area contributed by atoms with Crippen LogP contribution in [0.5, 0.6) is 5.75 Å². The average Bonchev–Trinajstić information content (AvgIpc) is 3.22. The fourth-order valence-corrected chi connectivity index (χ4v) is 2.11. The lowest BCUT2D eigenvalue weighted by atomic mass is 10.2. The zero-order valence-corrected chi connectivity index (χ0v) is 12.1. The zero-order valence-electron chi connectivity index (χ0n) is 12.1. The average molecular weight is 285 g/mol. The number of amides is 1. The van der Waals surface area contributed by atoms with Gasteiger partial charge in [-0.25, -0.2) is 0 Å². The number of aromatic amines is 1. The Hall–Kier alpha value is -2.30. The second-order valence-corrected chi connectivity index (χ2v) is 5.40. The van der Waals surface area contributed by atoms with Gasteiger partial charge >= 0.3 is 0 Å². The second kappa shape index (κ2) is 5.99. The molecule has 5 heteroatoms. The van der Waals surface area contributed by atoms with E-state index < -0.39 is 0 Å². The quantitative estimate of drug-likeness (QED) is 0.801. The van der Waals surface area contributed by atoms with Crippen molar-refractivity contribution in [1.29, 1.82) is 0 Å². The maximum atomic E-state index is 11.9. The summed E-state index contributed by atoms with van der Waals surface area (Å²) < 4.78 is 5.56. The van der Waals surface area contributed by atoms with Gasteiger partial charge in [0.1, 0.15) is 18.1 Å². The molecule has 21 heavy (non-hydrogen) atoms. The summed E-state index contributed by atoms with van der Waals surface area (Å²) in [5.41, 5.74) is 2.71. The molecule has 0 spiro atoms. The van der Waals surface area contributed by atoms with Crippen LogP contribution in [0, 0.1) is 6.92 Å². The molecule has 0 saturated heterocycles. The van der Waals surface area contributed by atoms with E-state index in [0.717, 1.165) is 11.4 Å². The Kier molecular flexibility index (Phi) is 3.90. The number of aryl methyl sites for hydroxylation is 1. The molecule has 1 heterocycles. The molecule has 2 aromatic rings. The summed E-state index contributed by atoms with van der Waals surface area (Å²) in [5.74, 6) is 1.22. The van der Waals surface area contributed by atoms with Gasteiger partial charge in [-0.15, -0.1) is 0 Å². The topological polar surface area (TPSA) is 67.0 Å². The summed E-state index contributed by atoms with van der Waals surface area (Å²) in [7, 11) is 0. The van der Waals surface area contributed by atoms with Gasteiger partial charge in [-0.2, -0.15) is 5.10 Å². The normalized spacial score (nSPS) is 14.0. The minimum Gasteiger partial charge on any atom is -0.492 e. The van der Waals surface area contributed by atoms with Crippen molar-refractivity contribution >= 4 is 5.91 Å². The standard InChI is InChI=1S/C16H19N3O2/c1-11-2-6-13(7-3-11)21-9-8-17-16(20)15-10-14(18-19-15)12-4-5-12/h2-3,6-7,10,12H,4-5,8-9H2,1H3,(H,17,20)(H,18,19). The first-order chi connectivity index (χ1) is 10.2. The summed E-state index contributed by atoms with van der Waals surface area (Å²) >= 11 is 0. The number of carbonyl (C=O) groups excluding carboxylic acids is 1. The van der Waals surface area contributed by atoms with Crippen LogP contribution >= 0.6 is 0 Å². The first kappa shape index (κ1) is 13.7. The van der Waals surface area contributed by atoms with Crippen LogP contribution in [0.15, 0.2) is 30.3 Å². The number of ether oxygens (including phenoxy) is 1. The Morgan fingerprint density at radius 1 is 1.38 bits per heavy atom. The van der Waals surface area contributed by atoms with Gasteiger partial charge in [-0.3, -0.25) is 9.89 Å². The molecule has 1 aromatic carbocycles. The molecule has 5 nitrogen and oxygen atoms in total. The monoisotopic (exact) mass is 285 g/mol. The van der Waals surface area contributed by atoms with Gasteiger partial charge in [0.2, 0.25) is 0 Å². The summed E-state index contributed by atoms with van der Waals surface area (Å²) in [6.45, 7) is 2.93. The van der Waals surface area contributed by atoms with Crippen molar-refractivity contribution in [3.05, 3.63) is 47.3 Å². The smallest absolute Gasteiger partial charge is 0.271 e. The molecule has 3 rings (SSSR count). The van der Waals surface area contributed by atoms with Crippen LogP contribution in [0.4, 0.5) is 0 Å². The molecular formula is C16H19N3O2. The summed E-state index contributed by atoms with van der Waals surface area (Å²) in [6.07, 6.45) is 2.38. The number of aromatic nitrogens is 2. The van der Waals surface area contributed by atoms with Gasteiger partial charge in [0.15, 0.2) is 0 Å². The highest BCUT2D eigenvalue weighted by Gasteiger charge is 2.26. The lowest BCUT2D eigenvalue weighted by Gasteiger charge is -2.07. The molecule has 0 unspecified atom stereocenters. The molecule has 1 saturated carbocycles. The molecule has 1 aliphatic rings. The Morgan fingerprint density at radius 3 is 2.86 bits per heavy atom. The molecule has 0 aliphatic heterocycles. The predicted octanol–water partition coefficient (Wildman–Crippen LogP) is 2.40. The highest BCUT2D eigenvalue weighted by molar-refractivity contribution is 5.92. The lowest BCUT2D eigenvalue weighted by Crippen LogP contribution is -2.28. The fourth-order valence-electron chi connectivity index (χ4n) is 2.11. The van der Waals surface area contributed by atoms with Gasteiger partial charge in [0, 0.05) is 11.6 Å². The van der Waals surface area contributed by atoms with Crippen molar-refractivity contribution in [3.63, 3.8) is 0 Å². The van der Waals surface area contributed by atoms with Gasteiger partial charge in [-0.05, 0) is 38.0 Å². The molecule has 0 radical (unpaired) electrons. The Morgan fingerprint density at radius 2 is 2.14 bits per heavy atom. The minimum atomic E-state index is -0.161. The van der Waals surface area contributed by atoms with Gasteiger partial charge in [0.25, 0.3) is 5.91 Å². The molecule has 110 valence electrons. The van der Waals surface area contributed by atoms with E-state index in [-0.39, 0.29) is 5.91 Å². The van der Waals surface area contributed by atoms with Crippen molar-refractivity contribution in [2.24, 2.45) is 0 Å². The molecule has 1 fully saturated rings. The van der Waals surface area contributed by atoms with E-state index in [1.165, 1.54) is 18.4 Å². The maximum absolute atomic E-state index is 11.9. The summed E-state index contributed by atoms with van der Waals surface area (Å²) in [5, 5.41) is 9.78. The Bertz CT molecular complexity index is 615. The number of nitrogens with zero attached hydrogens (tertiary/aromatic N) is 1. The maximum Gasteiger partial charge on any atom is 0.271 e. The van der Waals surface area contributed by atoms with E-state index in [2.05, 4.69) is 15.5 Å². The Labute approximate surface area is 123 Å². The zero-order chi connectivity index (χ0) is 14.7. The predicted molar refractivity (Wildman–Crippen MR) is 79.6 cm³/mol. The van der Waals surface area contributed by atoms with E-state index in [4.69, 9.17) is 4.74 Å². The molecule has 2 N–H and O–H groups in total. The highest BCUT2D eigenvalue weighted by Crippen LogP contribution is 2.38. The van der Waals surface area contributed by atoms with E-state index in [0.29, 0.717) is 24.8 Å². The van der Waals surface area contributed by atoms with Crippen molar-refractivity contribution in [3.8, 4) is 5.75 Å². The van der Waals surface area contributed by atoms with Crippen molar-refractivity contribution in [2.75, 3.05) is 13.2 Å². The highest BCUT2D eigenvalue weighted by atomic mass is 16.5. The Balaban J connectivity index is 1.41. The van der Waals surface area contributed by atoms with Crippen LogP contribution < -0.4 is 10.1 Å². The van der Waals surface area contributed by atoms with Crippen LogP contribution in [0.25, 0.3) is 0 Å². The number of hydrogen-bond acceptors (Lipinski definition) is 3. The number of nitrogens with one attached hydrogen (secondary N) is 2. The third-order valence-corrected chi connectivity index (χ3v) is 3.52. The van der Waals surface area contributed by atoms with Crippen LogP contribution in [-0.4, -0.2) is 29.3 Å². The first-order valence-corrected chi connectivity index (χ1v) is 7.25. The minimum absolute atomic E-state index is 0.161. The van der Waals surface area contributed by atoms with Gasteiger partial charge in [-0.1, -0.05) is 17.7 Å². The van der Waals surface area contributed by atoms with E-state index in [9.17, 15) is 4.79 Å². The summed E-state index contributed by atoms with van der Waals surface area (Å²) in [6, 6.07) is 9.68.